The van der Waals surface area contributed by atoms with Gasteiger partial charge in [0.25, 0.3) is 0 Å². The van der Waals surface area contributed by atoms with Crippen LogP contribution < -0.4 is 47.5 Å². The van der Waals surface area contributed by atoms with Crippen LogP contribution in [0.25, 0.3) is 22.0 Å². The van der Waals surface area contributed by atoms with E-state index < -0.39 is 0 Å². The third-order valence-corrected chi connectivity index (χ3v) is 8.33. The van der Waals surface area contributed by atoms with E-state index in [0.717, 1.165) is 54.2 Å². The number of fused-ring (bicyclic) bond motifs is 5. The zero-order valence-electron chi connectivity index (χ0n) is 23.2. The van der Waals surface area contributed by atoms with Gasteiger partial charge in [-0.3, -0.25) is 0 Å². The first-order chi connectivity index (χ1) is 19.7. The fourth-order valence-electron chi connectivity index (χ4n) is 6.45. The molecule has 2 aliphatic heterocycles. The number of pyridine rings is 1. The van der Waals surface area contributed by atoms with E-state index in [0.29, 0.717) is 0 Å². The number of ether oxygens (including phenoxy) is 4. The predicted octanol–water partition coefficient (Wildman–Crippen LogP) is 3.87. The monoisotopic (exact) mass is 657 g/mol. The van der Waals surface area contributed by atoms with Crippen molar-refractivity contribution < 1.29 is 47.5 Å². The third-order valence-electron chi connectivity index (χ3n) is 8.33. The van der Waals surface area contributed by atoms with Gasteiger partial charge in [0.15, 0.2) is 35.7 Å². The van der Waals surface area contributed by atoms with Crippen LogP contribution in [0.1, 0.15) is 34.6 Å². The van der Waals surface area contributed by atoms with E-state index >= 15 is 0 Å². The van der Waals surface area contributed by atoms with Crippen molar-refractivity contribution in [2.45, 2.75) is 31.7 Å². The summed E-state index contributed by atoms with van der Waals surface area (Å²) >= 11 is 0. The minimum absolute atomic E-state index is 0. The first kappa shape index (κ1) is 27.4. The number of nitrogens with zero attached hydrogens (tertiary/aromatic N) is 1. The van der Waals surface area contributed by atoms with Gasteiger partial charge in [-0.05, 0) is 53.8 Å². The van der Waals surface area contributed by atoms with E-state index in [-0.39, 0.29) is 36.7 Å². The van der Waals surface area contributed by atoms with Crippen LogP contribution in [0.3, 0.4) is 0 Å². The summed E-state index contributed by atoms with van der Waals surface area (Å²) in [4.78, 5) is 0. The third kappa shape index (κ3) is 4.88. The Bertz CT molecular complexity index is 1670. The van der Waals surface area contributed by atoms with Gasteiger partial charge >= 0.3 is 0 Å². The molecule has 0 unspecified atom stereocenters. The summed E-state index contributed by atoms with van der Waals surface area (Å²) < 4.78 is 25.5. The van der Waals surface area contributed by atoms with Gasteiger partial charge in [0.2, 0.25) is 12.5 Å². The largest absolute Gasteiger partial charge is 1.00 e. The highest BCUT2D eigenvalue weighted by molar-refractivity contribution is 5.95. The first-order valence-electron chi connectivity index (χ1n) is 13.9. The highest BCUT2D eigenvalue weighted by Gasteiger charge is 2.32. The first-order valence-corrected chi connectivity index (χ1v) is 13.9. The van der Waals surface area contributed by atoms with Crippen molar-refractivity contribution in [3.63, 3.8) is 0 Å². The van der Waals surface area contributed by atoms with Gasteiger partial charge in [0.1, 0.15) is 0 Å². The topological polar surface area (TPSA) is 40.8 Å². The fraction of sp³-hybridized carbons (Fsp3) is 0.229. The molecule has 0 amide bonds. The summed E-state index contributed by atoms with van der Waals surface area (Å²) in [6, 6.07) is 30.2. The second-order valence-corrected chi connectivity index (χ2v) is 10.4. The standard InChI is InChI=1S/C35H32NO4.HI/c1-37-31-16-15-27-28(14-13-26(23-9-5-3-6-10-23)24-11-7-4-8-12-24)34-29-20-33-32(39-22-40-33)19-25(29)17-18-36(34)21-30(27)35(31)38-2;/h3-12,15-16,19-21,26H,13-14,17-18,22H2,1-2H3;1H/q+1;/p-1. The Morgan fingerprint density at radius 3 is 2.15 bits per heavy atom. The van der Waals surface area contributed by atoms with Crippen molar-refractivity contribution in [3.8, 4) is 34.3 Å². The van der Waals surface area contributed by atoms with Crippen molar-refractivity contribution in [2.24, 2.45) is 0 Å². The van der Waals surface area contributed by atoms with Gasteiger partial charge in [-0.25, -0.2) is 0 Å². The van der Waals surface area contributed by atoms with Crippen molar-refractivity contribution in [1.82, 2.24) is 0 Å². The minimum atomic E-state index is 0. The zero-order chi connectivity index (χ0) is 27.1. The van der Waals surface area contributed by atoms with Crippen LogP contribution in [0.2, 0.25) is 0 Å². The number of hydrogen-bond acceptors (Lipinski definition) is 4. The van der Waals surface area contributed by atoms with E-state index in [4.69, 9.17) is 18.9 Å². The molecule has 0 atom stereocenters. The summed E-state index contributed by atoms with van der Waals surface area (Å²) in [5.41, 5.74) is 7.75. The molecule has 7 rings (SSSR count). The number of aromatic nitrogens is 1. The lowest BCUT2D eigenvalue weighted by Gasteiger charge is -2.23. The SMILES string of the molecule is COc1ccc2c(CCC(c3ccccc3)c3ccccc3)c3[n+](cc2c1OC)CCc1cc2c(cc1-3)OCO2.[I-]. The highest BCUT2D eigenvalue weighted by Crippen LogP contribution is 2.44. The Hall–Kier alpha value is -3.78. The lowest BCUT2D eigenvalue weighted by molar-refractivity contribution is -0.686. The molecule has 0 fully saturated rings. The van der Waals surface area contributed by atoms with Crippen LogP contribution in [-0.4, -0.2) is 21.0 Å². The Balaban J connectivity index is 0.00000302. The van der Waals surface area contributed by atoms with E-state index in [1.165, 1.54) is 38.9 Å². The molecule has 208 valence electrons. The van der Waals surface area contributed by atoms with E-state index in [1.807, 2.05) is 6.07 Å². The molecule has 1 aromatic heterocycles. The molecular weight excluding hydrogens is 625 g/mol. The molecule has 3 heterocycles. The lowest BCUT2D eigenvalue weighted by Crippen LogP contribution is -3.00. The summed E-state index contributed by atoms with van der Waals surface area (Å²) in [5, 5.41) is 2.26. The fourth-order valence-corrected chi connectivity index (χ4v) is 6.45. The van der Waals surface area contributed by atoms with Gasteiger partial charge in [-0.1, -0.05) is 60.7 Å². The molecule has 2 aliphatic rings. The van der Waals surface area contributed by atoms with E-state index in [2.05, 4.69) is 89.6 Å². The Morgan fingerprint density at radius 1 is 0.805 bits per heavy atom. The van der Waals surface area contributed by atoms with Crippen molar-refractivity contribution in [3.05, 3.63) is 113 Å². The minimum Gasteiger partial charge on any atom is -1.00 e. The Morgan fingerprint density at radius 2 is 1.49 bits per heavy atom. The van der Waals surface area contributed by atoms with Crippen LogP contribution in [0.5, 0.6) is 23.0 Å². The molecule has 41 heavy (non-hydrogen) atoms. The molecule has 0 saturated carbocycles. The number of benzene rings is 4. The Kier molecular flexibility index (Phi) is 7.75. The Labute approximate surface area is 257 Å². The van der Waals surface area contributed by atoms with Crippen molar-refractivity contribution in [2.75, 3.05) is 21.0 Å². The van der Waals surface area contributed by atoms with Gasteiger partial charge in [0.05, 0.1) is 25.2 Å². The summed E-state index contributed by atoms with van der Waals surface area (Å²) in [6.07, 6.45) is 5.02. The quantitative estimate of drug-likeness (QED) is 0.197. The number of methoxy groups -OCH3 is 2. The molecule has 6 heteroatoms. The molecule has 4 aromatic carbocycles. The second kappa shape index (κ2) is 11.6. The predicted molar refractivity (Wildman–Crippen MR) is 156 cm³/mol. The van der Waals surface area contributed by atoms with Gasteiger partial charge in [-0.2, -0.15) is 4.57 Å². The van der Waals surface area contributed by atoms with Gasteiger partial charge in [0, 0.05) is 23.3 Å². The van der Waals surface area contributed by atoms with Gasteiger partial charge in [-0.15, -0.1) is 0 Å². The van der Waals surface area contributed by atoms with E-state index in [1.54, 1.807) is 14.2 Å². The molecule has 5 nitrogen and oxygen atoms in total. The summed E-state index contributed by atoms with van der Waals surface area (Å²) in [6.45, 7) is 1.15. The number of halogens is 1. The highest BCUT2D eigenvalue weighted by atomic mass is 127. The van der Waals surface area contributed by atoms with Crippen LogP contribution >= 0.6 is 0 Å². The maximum atomic E-state index is 5.91. The molecule has 0 aliphatic carbocycles. The average Bonchev–Trinajstić information content (AvgIpc) is 3.47. The molecule has 0 saturated heterocycles. The van der Waals surface area contributed by atoms with Crippen LogP contribution in [-0.2, 0) is 19.4 Å². The molecule has 5 aromatic rings. The number of hydrogen-bond donors (Lipinski definition) is 0. The molecule has 0 radical (unpaired) electrons. The maximum Gasteiger partial charge on any atom is 0.231 e. The lowest BCUT2D eigenvalue weighted by atomic mass is 9.83. The maximum absolute atomic E-state index is 5.91. The molecule has 0 bridgehead atoms. The van der Waals surface area contributed by atoms with E-state index in [9.17, 15) is 0 Å². The van der Waals surface area contributed by atoms with Gasteiger partial charge < -0.3 is 42.9 Å². The summed E-state index contributed by atoms with van der Waals surface area (Å²) in [7, 11) is 3.41. The smallest absolute Gasteiger partial charge is 0.231 e. The van der Waals surface area contributed by atoms with Crippen molar-refractivity contribution in [1.29, 1.82) is 0 Å². The number of aryl methyl sites for hydroxylation is 3. The van der Waals surface area contributed by atoms with Crippen LogP contribution in [0.4, 0.5) is 0 Å². The second-order valence-electron chi connectivity index (χ2n) is 10.4. The molecule has 0 spiro atoms. The zero-order valence-corrected chi connectivity index (χ0v) is 25.4. The molecule has 0 N–H and O–H groups in total. The summed E-state index contributed by atoms with van der Waals surface area (Å²) in [5.74, 6) is 3.45. The van der Waals surface area contributed by atoms with Crippen LogP contribution in [0.15, 0.2) is 91.1 Å². The van der Waals surface area contributed by atoms with Crippen LogP contribution in [0, 0.1) is 0 Å². The number of rotatable bonds is 7. The average molecular weight is 658 g/mol. The normalized spacial score (nSPS) is 13.0. The molecular formula is C35H32INO4. The van der Waals surface area contributed by atoms with Crippen molar-refractivity contribution >= 4 is 10.8 Å².